The highest BCUT2D eigenvalue weighted by Crippen LogP contribution is 2.26. The van der Waals surface area contributed by atoms with Crippen LogP contribution in [-0.2, 0) is 0 Å². The number of hydrogen-bond acceptors (Lipinski definition) is 4. The van der Waals surface area contributed by atoms with Gasteiger partial charge in [-0.1, -0.05) is 30.3 Å². The van der Waals surface area contributed by atoms with Crippen molar-refractivity contribution >= 4 is 11.7 Å². The van der Waals surface area contributed by atoms with E-state index in [0.29, 0.717) is 5.56 Å². The summed E-state index contributed by atoms with van der Waals surface area (Å²) in [5, 5.41) is 0. The fourth-order valence-corrected chi connectivity index (χ4v) is 3.07. The lowest BCUT2D eigenvalue weighted by Crippen LogP contribution is -2.49. The Hall–Kier alpha value is -2.40. The normalized spacial score (nSPS) is 18.5. The van der Waals surface area contributed by atoms with E-state index in [4.69, 9.17) is 0 Å². The van der Waals surface area contributed by atoms with Crippen LogP contribution in [0.1, 0.15) is 22.0 Å². The highest BCUT2D eigenvalue weighted by molar-refractivity contribution is 5.94. The molecule has 2 heterocycles. The molecule has 24 heavy (non-hydrogen) atoms. The van der Waals surface area contributed by atoms with Crippen LogP contribution in [0.15, 0.2) is 48.7 Å². The van der Waals surface area contributed by atoms with Gasteiger partial charge in [-0.3, -0.25) is 4.79 Å². The van der Waals surface area contributed by atoms with E-state index in [0.717, 1.165) is 25.5 Å². The molecule has 1 saturated heterocycles. The molecular weight excluding hydrogens is 300 g/mol. The molecule has 0 unspecified atom stereocenters. The molecule has 0 N–H and O–H groups in total. The Morgan fingerprint density at radius 2 is 1.88 bits per heavy atom. The molecule has 1 aromatic carbocycles. The Bertz CT molecular complexity index is 684. The van der Waals surface area contributed by atoms with Crippen molar-refractivity contribution in [1.29, 1.82) is 0 Å². The summed E-state index contributed by atoms with van der Waals surface area (Å²) in [6.45, 7) is 2.46. The molecule has 5 heteroatoms. The molecule has 0 aliphatic carbocycles. The maximum atomic E-state index is 13.0. The topological polar surface area (TPSA) is 39.7 Å². The van der Waals surface area contributed by atoms with Gasteiger partial charge in [0.1, 0.15) is 5.82 Å². The Labute approximate surface area is 143 Å². The van der Waals surface area contributed by atoms with Crippen molar-refractivity contribution < 1.29 is 4.79 Å². The summed E-state index contributed by atoms with van der Waals surface area (Å²) in [4.78, 5) is 23.6. The van der Waals surface area contributed by atoms with Gasteiger partial charge in [0.15, 0.2) is 0 Å². The van der Waals surface area contributed by atoms with Crippen LogP contribution in [-0.4, -0.2) is 61.5 Å². The van der Waals surface area contributed by atoms with Gasteiger partial charge in [0.2, 0.25) is 0 Å². The van der Waals surface area contributed by atoms with Gasteiger partial charge in [-0.05, 0) is 24.7 Å². The van der Waals surface area contributed by atoms with Crippen molar-refractivity contribution in [3.05, 3.63) is 59.8 Å². The lowest BCUT2D eigenvalue weighted by atomic mass is 10.0. The van der Waals surface area contributed by atoms with Gasteiger partial charge in [0.05, 0.1) is 11.6 Å². The summed E-state index contributed by atoms with van der Waals surface area (Å²) in [7, 11) is 5.98. The van der Waals surface area contributed by atoms with Gasteiger partial charge < -0.3 is 14.7 Å². The van der Waals surface area contributed by atoms with Crippen molar-refractivity contribution in [3.63, 3.8) is 0 Å². The Morgan fingerprint density at radius 3 is 2.50 bits per heavy atom. The first kappa shape index (κ1) is 16.5. The number of hydrogen-bond donors (Lipinski definition) is 0. The first-order valence-corrected chi connectivity index (χ1v) is 8.24. The number of likely N-dealkylation sites (N-methyl/N-ethyl adjacent to an activating group) is 1. The van der Waals surface area contributed by atoms with E-state index in [1.54, 1.807) is 6.20 Å². The van der Waals surface area contributed by atoms with E-state index >= 15 is 0 Å². The third-order valence-electron chi connectivity index (χ3n) is 4.48. The largest absolute Gasteiger partial charge is 0.363 e. The zero-order valence-electron chi connectivity index (χ0n) is 14.5. The number of benzene rings is 1. The quantitative estimate of drug-likeness (QED) is 0.868. The van der Waals surface area contributed by atoms with E-state index in [2.05, 4.69) is 29.1 Å². The highest BCUT2D eigenvalue weighted by atomic mass is 16.2. The zero-order valence-corrected chi connectivity index (χ0v) is 14.5. The van der Waals surface area contributed by atoms with E-state index in [9.17, 15) is 4.79 Å². The van der Waals surface area contributed by atoms with Crippen LogP contribution in [0, 0.1) is 0 Å². The molecule has 1 aliphatic rings. The van der Waals surface area contributed by atoms with Gasteiger partial charge >= 0.3 is 0 Å². The van der Waals surface area contributed by atoms with Gasteiger partial charge in [0, 0.05) is 39.9 Å². The minimum atomic E-state index is 0.0507. The van der Waals surface area contributed by atoms with Crippen molar-refractivity contribution in [2.45, 2.75) is 6.04 Å². The Morgan fingerprint density at radius 1 is 1.12 bits per heavy atom. The Balaban J connectivity index is 1.86. The number of aromatic nitrogens is 1. The molecule has 0 bridgehead atoms. The molecule has 1 atom stereocenters. The fraction of sp³-hybridized carbons (Fsp3) is 0.368. The number of carbonyl (C=O) groups is 1. The molecular formula is C19H24N4O. The van der Waals surface area contributed by atoms with E-state index < -0.39 is 0 Å². The van der Waals surface area contributed by atoms with Crippen LogP contribution in [0.25, 0.3) is 0 Å². The highest BCUT2D eigenvalue weighted by Gasteiger charge is 2.30. The van der Waals surface area contributed by atoms with Crippen molar-refractivity contribution in [2.24, 2.45) is 0 Å². The molecule has 1 aliphatic heterocycles. The summed E-state index contributed by atoms with van der Waals surface area (Å²) < 4.78 is 0. The minimum absolute atomic E-state index is 0.0507. The molecule has 1 amide bonds. The van der Waals surface area contributed by atoms with Crippen molar-refractivity contribution in [3.8, 4) is 0 Å². The van der Waals surface area contributed by atoms with E-state index in [-0.39, 0.29) is 11.9 Å². The van der Waals surface area contributed by atoms with Crippen LogP contribution in [0.3, 0.4) is 0 Å². The SMILES string of the molecule is CN1CCN(C(=O)c2ccc(N(C)C)nc2)[C@@H](c2ccccc2)C1. The van der Waals surface area contributed by atoms with Crippen molar-refractivity contribution in [2.75, 3.05) is 45.7 Å². The van der Waals surface area contributed by atoms with Gasteiger partial charge in [0.25, 0.3) is 5.91 Å². The summed E-state index contributed by atoms with van der Waals surface area (Å²) >= 11 is 0. The fourth-order valence-electron chi connectivity index (χ4n) is 3.07. The lowest BCUT2D eigenvalue weighted by Gasteiger charge is -2.40. The van der Waals surface area contributed by atoms with Gasteiger partial charge in [-0.2, -0.15) is 0 Å². The van der Waals surface area contributed by atoms with E-state index in [1.165, 1.54) is 5.56 Å². The second kappa shape index (κ2) is 7.01. The zero-order chi connectivity index (χ0) is 17.1. The third-order valence-corrected chi connectivity index (χ3v) is 4.48. The molecule has 126 valence electrons. The summed E-state index contributed by atoms with van der Waals surface area (Å²) in [5.74, 6) is 0.902. The first-order chi connectivity index (χ1) is 11.6. The maximum Gasteiger partial charge on any atom is 0.256 e. The van der Waals surface area contributed by atoms with Crippen LogP contribution in [0.2, 0.25) is 0 Å². The molecule has 0 spiro atoms. The first-order valence-electron chi connectivity index (χ1n) is 8.24. The number of pyridine rings is 1. The molecule has 0 saturated carbocycles. The molecule has 0 radical (unpaired) electrons. The summed E-state index contributed by atoms with van der Waals surface area (Å²) in [6, 6.07) is 14.1. The Kier molecular flexibility index (Phi) is 4.81. The molecule has 1 fully saturated rings. The van der Waals surface area contributed by atoms with Crippen LogP contribution >= 0.6 is 0 Å². The monoisotopic (exact) mass is 324 g/mol. The number of nitrogens with zero attached hydrogens (tertiary/aromatic N) is 4. The number of anilines is 1. The average molecular weight is 324 g/mol. The minimum Gasteiger partial charge on any atom is -0.363 e. The predicted molar refractivity (Wildman–Crippen MR) is 96.3 cm³/mol. The lowest BCUT2D eigenvalue weighted by molar-refractivity contribution is 0.0497. The van der Waals surface area contributed by atoms with Crippen molar-refractivity contribution in [1.82, 2.24) is 14.8 Å². The van der Waals surface area contributed by atoms with Crippen LogP contribution in [0.4, 0.5) is 5.82 Å². The maximum absolute atomic E-state index is 13.0. The number of rotatable bonds is 3. The average Bonchev–Trinajstić information content (AvgIpc) is 2.62. The number of carbonyl (C=O) groups excluding carboxylic acids is 1. The predicted octanol–water partition coefficient (Wildman–Crippen LogP) is 2.28. The second-order valence-corrected chi connectivity index (χ2v) is 6.49. The smallest absolute Gasteiger partial charge is 0.256 e. The number of amides is 1. The van der Waals surface area contributed by atoms with Crippen LogP contribution in [0.5, 0.6) is 0 Å². The standard InChI is InChI=1S/C19H24N4O/c1-21(2)18-10-9-16(13-20-18)19(24)23-12-11-22(3)14-17(23)15-7-5-4-6-8-15/h4-10,13,17H,11-12,14H2,1-3H3/t17-/m1/s1. The summed E-state index contributed by atoms with van der Waals surface area (Å²) in [5.41, 5.74) is 1.82. The second-order valence-electron chi connectivity index (χ2n) is 6.49. The van der Waals surface area contributed by atoms with Gasteiger partial charge in [-0.25, -0.2) is 4.98 Å². The molecule has 2 aromatic rings. The number of piperazine rings is 1. The molecule has 1 aromatic heterocycles. The van der Waals surface area contributed by atoms with E-state index in [1.807, 2.05) is 54.2 Å². The van der Waals surface area contributed by atoms with Gasteiger partial charge in [-0.15, -0.1) is 0 Å². The summed E-state index contributed by atoms with van der Waals surface area (Å²) in [6.07, 6.45) is 1.68. The molecule has 5 nitrogen and oxygen atoms in total. The molecule has 3 rings (SSSR count). The van der Waals surface area contributed by atoms with Crippen LogP contribution < -0.4 is 4.90 Å². The third kappa shape index (κ3) is 3.41.